The lowest BCUT2D eigenvalue weighted by molar-refractivity contribution is -0.137. The van der Waals surface area contributed by atoms with Gasteiger partial charge < -0.3 is 15.3 Å². The molecule has 36 heavy (non-hydrogen) atoms. The molecule has 0 radical (unpaired) electrons. The number of aliphatic carboxylic acids is 1. The third kappa shape index (κ3) is 5.08. The van der Waals surface area contributed by atoms with Crippen molar-refractivity contribution in [2.45, 2.75) is 51.2 Å². The fourth-order valence-corrected chi connectivity index (χ4v) is 5.09. The van der Waals surface area contributed by atoms with Crippen LogP contribution in [0.3, 0.4) is 0 Å². The van der Waals surface area contributed by atoms with Crippen LogP contribution in [0.2, 0.25) is 0 Å². The molecule has 188 valence electrons. The summed E-state index contributed by atoms with van der Waals surface area (Å²) in [6.45, 7) is 4.16. The zero-order valence-corrected chi connectivity index (χ0v) is 20.4. The Labute approximate surface area is 209 Å². The molecule has 1 heterocycles. The lowest BCUT2D eigenvalue weighted by atomic mass is 9.85. The van der Waals surface area contributed by atoms with Gasteiger partial charge in [0, 0.05) is 24.1 Å². The second-order valence-corrected chi connectivity index (χ2v) is 9.38. The van der Waals surface area contributed by atoms with Gasteiger partial charge in [0.25, 0.3) is 11.8 Å². The maximum atomic E-state index is 13.9. The Balaban J connectivity index is 1.64. The molecule has 1 aliphatic heterocycles. The summed E-state index contributed by atoms with van der Waals surface area (Å²) in [4.78, 5) is 43.8. The monoisotopic (exact) mass is 491 g/mol. The molecule has 4 rings (SSSR count). The van der Waals surface area contributed by atoms with Gasteiger partial charge in [-0.3, -0.25) is 19.4 Å². The Kier molecular flexibility index (Phi) is 7.33. The topological polar surface area (TPSA) is 99.1 Å². The van der Waals surface area contributed by atoms with Crippen LogP contribution in [0.1, 0.15) is 67.1 Å². The zero-order chi connectivity index (χ0) is 25.9. The molecule has 1 spiro atoms. The van der Waals surface area contributed by atoms with Crippen LogP contribution in [0.25, 0.3) is 0 Å². The first-order valence-electron chi connectivity index (χ1n) is 12.2. The average molecular weight is 492 g/mol. The molecule has 0 aromatic heterocycles. The van der Waals surface area contributed by atoms with E-state index in [1.54, 1.807) is 24.3 Å². The molecule has 0 fully saturated rings. The Morgan fingerprint density at radius 2 is 1.89 bits per heavy atom. The highest BCUT2D eigenvalue weighted by Gasteiger charge is 2.50. The second kappa shape index (κ2) is 10.4. The number of amides is 2. The molecule has 0 saturated carbocycles. The van der Waals surface area contributed by atoms with Crippen molar-refractivity contribution in [2.24, 2.45) is 10.9 Å². The second-order valence-electron chi connectivity index (χ2n) is 9.38. The molecule has 7 nitrogen and oxygen atoms in total. The molecule has 1 aliphatic carbocycles. The van der Waals surface area contributed by atoms with Gasteiger partial charge >= 0.3 is 5.97 Å². The lowest BCUT2D eigenvalue weighted by Crippen LogP contribution is -2.50. The number of benzene rings is 2. The molecule has 2 unspecified atom stereocenters. The van der Waals surface area contributed by atoms with Gasteiger partial charge in [-0.05, 0) is 60.7 Å². The number of halogens is 1. The van der Waals surface area contributed by atoms with E-state index in [1.165, 1.54) is 12.1 Å². The van der Waals surface area contributed by atoms with Gasteiger partial charge in [0.05, 0.1) is 12.5 Å². The number of carbonyl (C=O) groups is 3. The van der Waals surface area contributed by atoms with Gasteiger partial charge in [0.1, 0.15) is 17.2 Å². The van der Waals surface area contributed by atoms with Crippen LogP contribution in [-0.4, -0.2) is 45.7 Å². The van der Waals surface area contributed by atoms with Gasteiger partial charge in [-0.2, -0.15) is 0 Å². The summed E-state index contributed by atoms with van der Waals surface area (Å²) in [6.07, 6.45) is 5.97. The number of aliphatic imine (C=N–C) groups is 1. The highest BCUT2D eigenvalue weighted by Crippen LogP contribution is 2.44. The normalized spacial score (nSPS) is 22.0. The van der Waals surface area contributed by atoms with Gasteiger partial charge in [-0.1, -0.05) is 38.1 Å². The number of carboxylic acids is 1. The van der Waals surface area contributed by atoms with Crippen LogP contribution < -0.4 is 5.32 Å². The van der Waals surface area contributed by atoms with E-state index in [-0.39, 0.29) is 42.6 Å². The van der Waals surface area contributed by atoms with Crippen molar-refractivity contribution >= 4 is 23.5 Å². The number of hydrogen-bond donors (Lipinski definition) is 2. The van der Waals surface area contributed by atoms with Crippen molar-refractivity contribution < 1.29 is 23.9 Å². The van der Waals surface area contributed by atoms with E-state index in [0.717, 1.165) is 5.56 Å². The van der Waals surface area contributed by atoms with Crippen LogP contribution in [-0.2, 0) is 9.59 Å². The first kappa shape index (κ1) is 25.3. The Morgan fingerprint density at radius 1 is 1.19 bits per heavy atom. The lowest BCUT2D eigenvalue weighted by Gasteiger charge is -2.43. The van der Waals surface area contributed by atoms with Crippen molar-refractivity contribution in [1.82, 2.24) is 10.2 Å². The number of carboxylic acid groups (broad SMARTS) is 1. The molecule has 2 amide bonds. The standard InChI is InChI=1S/C28H30FN3O4/c1-3-23(19-6-8-21(9-7-19)26(35)30-16-14-24(33)34)32-27(36)25(20-10-12-22(29)13-11-20)31-28(32)15-4-5-18(2)17-28/h4-13,18,23H,3,14-17H2,1-2H3,(H,30,35)(H,33,34)/t18?,23-,28?/m1/s1. The highest BCUT2D eigenvalue weighted by molar-refractivity contribution is 6.46. The van der Waals surface area contributed by atoms with Gasteiger partial charge in [-0.25, -0.2) is 4.39 Å². The van der Waals surface area contributed by atoms with E-state index in [2.05, 4.69) is 24.4 Å². The van der Waals surface area contributed by atoms with E-state index in [4.69, 9.17) is 10.1 Å². The van der Waals surface area contributed by atoms with Crippen molar-refractivity contribution in [3.8, 4) is 0 Å². The van der Waals surface area contributed by atoms with Crippen LogP contribution in [0.15, 0.2) is 65.7 Å². The SMILES string of the molecule is CC[C@H](c1ccc(C(=O)NCCC(=O)O)cc1)N1C(=O)C(c2ccc(F)cc2)=NC12CC=CC(C)C2. The van der Waals surface area contributed by atoms with Crippen molar-refractivity contribution in [1.29, 1.82) is 0 Å². The molecule has 2 N–H and O–H groups in total. The van der Waals surface area contributed by atoms with Crippen molar-refractivity contribution in [3.63, 3.8) is 0 Å². The maximum absolute atomic E-state index is 13.9. The minimum atomic E-state index is -0.977. The van der Waals surface area contributed by atoms with Gasteiger partial charge in [-0.15, -0.1) is 0 Å². The minimum Gasteiger partial charge on any atom is -0.481 e. The Hall–Kier alpha value is -3.81. The van der Waals surface area contributed by atoms with E-state index >= 15 is 0 Å². The van der Waals surface area contributed by atoms with Crippen LogP contribution in [0, 0.1) is 11.7 Å². The summed E-state index contributed by atoms with van der Waals surface area (Å²) in [5, 5.41) is 11.4. The molecule has 8 heteroatoms. The summed E-state index contributed by atoms with van der Waals surface area (Å²) in [6, 6.07) is 12.6. The third-order valence-electron chi connectivity index (χ3n) is 6.75. The number of nitrogens with one attached hydrogen (secondary N) is 1. The Morgan fingerprint density at radius 3 is 2.50 bits per heavy atom. The smallest absolute Gasteiger partial charge is 0.305 e. The van der Waals surface area contributed by atoms with Crippen molar-refractivity contribution in [2.75, 3.05) is 6.54 Å². The maximum Gasteiger partial charge on any atom is 0.305 e. The van der Waals surface area contributed by atoms with Crippen LogP contribution in [0.5, 0.6) is 0 Å². The summed E-state index contributed by atoms with van der Waals surface area (Å²) < 4.78 is 13.5. The molecule has 2 aliphatic rings. The zero-order valence-electron chi connectivity index (χ0n) is 20.4. The molecule has 0 bridgehead atoms. The van der Waals surface area contributed by atoms with Crippen LogP contribution >= 0.6 is 0 Å². The molecule has 0 saturated heterocycles. The van der Waals surface area contributed by atoms with Gasteiger partial charge in [0.2, 0.25) is 0 Å². The first-order chi connectivity index (χ1) is 17.2. The quantitative estimate of drug-likeness (QED) is 0.532. The number of allylic oxidation sites excluding steroid dienone is 1. The number of carbonyl (C=O) groups excluding carboxylic acids is 2. The predicted octanol–water partition coefficient (Wildman–Crippen LogP) is 4.50. The Bertz CT molecular complexity index is 1210. The summed E-state index contributed by atoms with van der Waals surface area (Å²) in [5.41, 5.74) is 1.49. The van der Waals surface area contributed by atoms with E-state index < -0.39 is 11.6 Å². The van der Waals surface area contributed by atoms with E-state index in [1.807, 2.05) is 24.0 Å². The molecule has 2 aromatic rings. The van der Waals surface area contributed by atoms with E-state index in [0.29, 0.717) is 36.1 Å². The summed E-state index contributed by atoms with van der Waals surface area (Å²) in [7, 11) is 0. The number of nitrogens with zero attached hydrogens (tertiary/aromatic N) is 2. The summed E-state index contributed by atoms with van der Waals surface area (Å²) in [5.74, 6) is -1.65. The average Bonchev–Trinajstić information content (AvgIpc) is 3.11. The number of rotatable bonds is 8. The molecule has 3 atom stereocenters. The third-order valence-corrected chi connectivity index (χ3v) is 6.75. The molecular formula is C28H30FN3O4. The minimum absolute atomic E-state index is 0.0491. The van der Waals surface area contributed by atoms with Gasteiger partial charge in [0.15, 0.2) is 0 Å². The fraction of sp³-hybridized carbons (Fsp3) is 0.357. The van der Waals surface area contributed by atoms with Crippen LogP contribution in [0.4, 0.5) is 4.39 Å². The fourth-order valence-electron chi connectivity index (χ4n) is 5.09. The molecule has 2 aromatic carbocycles. The number of hydrogen-bond acceptors (Lipinski definition) is 4. The summed E-state index contributed by atoms with van der Waals surface area (Å²) >= 11 is 0. The first-order valence-corrected chi connectivity index (χ1v) is 12.2. The van der Waals surface area contributed by atoms with Crippen molar-refractivity contribution in [3.05, 3.63) is 83.2 Å². The van der Waals surface area contributed by atoms with E-state index in [9.17, 15) is 18.8 Å². The largest absolute Gasteiger partial charge is 0.481 e. The highest BCUT2D eigenvalue weighted by atomic mass is 19.1. The predicted molar refractivity (Wildman–Crippen MR) is 134 cm³/mol. The molecular weight excluding hydrogens is 461 g/mol.